The number of rotatable bonds is 4. The van der Waals surface area contributed by atoms with Crippen molar-refractivity contribution in [2.24, 2.45) is 5.92 Å². The summed E-state index contributed by atoms with van der Waals surface area (Å²) in [5, 5.41) is 12.7. The highest BCUT2D eigenvalue weighted by Crippen LogP contribution is 2.16. The van der Waals surface area contributed by atoms with E-state index < -0.39 is 0 Å². The Bertz CT molecular complexity index is 366. The van der Waals surface area contributed by atoms with Gasteiger partial charge in [-0.3, -0.25) is 9.89 Å². The number of amides is 1. The molecule has 0 radical (unpaired) electrons. The summed E-state index contributed by atoms with van der Waals surface area (Å²) in [6.45, 7) is 3.01. The number of aromatic nitrogens is 2. The van der Waals surface area contributed by atoms with Crippen LogP contribution in [0.5, 0.6) is 0 Å². The minimum Gasteiger partial charge on any atom is -0.379 e. The van der Waals surface area contributed by atoms with Crippen LogP contribution >= 0.6 is 0 Å². The Morgan fingerprint density at radius 2 is 2.47 bits per heavy atom. The molecule has 0 spiro atoms. The van der Waals surface area contributed by atoms with Gasteiger partial charge in [0.25, 0.3) is 0 Å². The van der Waals surface area contributed by atoms with Crippen LogP contribution in [0.1, 0.15) is 18.5 Å². The monoisotopic (exact) mass is 238 g/mol. The van der Waals surface area contributed by atoms with E-state index in [9.17, 15) is 4.79 Å². The second kappa shape index (κ2) is 5.29. The Labute approximate surface area is 100 Å². The van der Waals surface area contributed by atoms with Crippen molar-refractivity contribution in [3.05, 3.63) is 18.0 Å². The fourth-order valence-corrected chi connectivity index (χ4v) is 2.00. The molecular weight excluding hydrogens is 220 g/mol. The van der Waals surface area contributed by atoms with Gasteiger partial charge >= 0.3 is 0 Å². The molecule has 6 nitrogen and oxygen atoms in total. The smallest absolute Gasteiger partial charge is 0.227 e. The zero-order valence-corrected chi connectivity index (χ0v) is 10.1. The maximum absolute atomic E-state index is 12.1. The van der Waals surface area contributed by atoms with E-state index in [4.69, 9.17) is 4.74 Å². The van der Waals surface area contributed by atoms with Crippen LogP contribution in [0.15, 0.2) is 12.4 Å². The summed E-state index contributed by atoms with van der Waals surface area (Å²) < 4.78 is 5.31. The summed E-state index contributed by atoms with van der Waals surface area (Å²) in [7, 11) is 1.85. The summed E-state index contributed by atoms with van der Waals surface area (Å²) in [6.07, 6.45) is 3.50. The molecule has 0 bridgehead atoms. The minimum absolute atomic E-state index is 0.0237. The predicted molar refractivity (Wildman–Crippen MR) is 62.3 cm³/mol. The van der Waals surface area contributed by atoms with E-state index in [1.807, 2.05) is 14.0 Å². The van der Waals surface area contributed by atoms with Gasteiger partial charge in [0.15, 0.2) is 0 Å². The van der Waals surface area contributed by atoms with Crippen molar-refractivity contribution in [3.8, 4) is 0 Å². The first kappa shape index (κ1) is 12.1. The molecule has 1 aromatic rings. The van der Waals surface area contributed by atoms with Crippen molar-refractivity contribution in [2.75, 3.05) is 20.3 Å². The standard InChI is InChI=1S/C11H18N4O2/c1-7(8-3-13-14-4-8)15-11(16)9-5-17-6-10(9)12-2/h3-4,7,9-10,12H,5-6H2,1-2H3,(H,13,14)(H,15,16). The van der Waals surface area contributed by atoms with Crippen LogP contribution in [0.4, 0.5) is 0 Å². The van der Waals surface area contributed by atoms with E-state index in [1.54, 1.807) is 12.4 Å². The Morgan fingerprint density at radius 3 is 3.12 bits per heavy atom. The van der Waals surface area contributed by atoms with Gasteiger partial charge in [-0.25, -0.2) is 0 Å². The van der Waals surface area contributed by atoms with Gasteiger partial charge in [-0.2, -0.15) is 5.10 Å². The molecule has 1 amide bonds. The normalized spacial score (nSPS) is 25.8. The van der Waals surface area contributed by atoms with Crippen molar-refractivity contribution in [2.45, 2.75) is 19.0 Å². The largest absolute Gasteiger partial charge is 0.379 e. The molecule has 2 heterocycles. The topological polar surface area (TPSA) is 79.0 Å². The average molecular weight is 238 g/mol. The molecule has 1 saturated heterocycles. The van der Waals surface area contributed by atoms with Gasteiger partial charge in [0.1, 0.15) is 0 Å². The van der Waals surface area contributed by atoms with Crippen molar-refractivity contribution in [1.82, 2.24) is 20.8 Å². The van der Waals surface area contributed by atoms with Crippen LogP contribution in [0.3, 0.4) is 0 Å². The van der Waals surface area contributed by atoms with Gasteiger partial charge in [0, 0.05) is 17.8 Å². The quantitative estimate of drug-likeness (QED) is 0.680. The fraction of sp³-hybridized carbons (Fsp3) is 0.636. The lowest BCUT2D eigenvalue weighted by molar-refractivity contribution is -0.126. The molecule has 3 unspecified atom stereocenters. The third-order valence-corrected chi connectivity index (χ3v) is 3.17. The van der Waals surface area contributed by atoms with Crippen LogP contribution in [0, 0.1) is 5.92 Å². The van der Waals surface area contributed by atoms with E-state index in [0.29, 0.717) is 13.2 Å². The molecule has 0 aromatic carbocycles. The maximum atomic E-state index is 12.1. The number of ether oxygens (including phenoxy) is 1. The van der Waals surface area contributed by atoms with Crippen molar-refractivity contribution < 1.29 is 9.53 Å². The minimum atomic E-state index is -0.116. The third-order valence-electron chi connectivity index (χ3n) is 3.17. The molecule has 1 fully saturated rings. The number of H-pyrrole nitrogens is 1. The molecule has 1 aromatic heterocycles. The van der Waals surface area contributed by atoms with Crippen LogP contribution in [-0.4, -0.2) is 42.4 Å². The molecule has 94 valence electrons. The summed E-state index contributed by atoms with van der Waals surface area (Å²) in [6, 6.07) is 0.0610. The third kappa shape index (κ3) is 2.65. The molecule has 0 aliphatic carbocycles. The summed E-state index contributed by atoms with van der Waals surface area (Å²) >= 11 is 0. The lowest BCUT2D eigenvalue weighted by Crippen LogP contribution is -2.43. The van der Waals surface area contributed by atoms with E-state index in [2.05, 4.69) is 20.8 Å². The number of likely N-dealkylation sites (N-methyl/N-ethyl adjacent to an activating group) is 1. The highest BCUT2D eigenvalue weighted by atomic mass is 16.5. The Kier molecular flexibility index (Phi) is 3.75. The van der Waals surface area contributed by atoms with Crippen LogP contribution in [0.2, 0.25) is 0 Å². The van der Waals surface area contributed by atoms with Crippen molar-refractivity contribution in [1.29, 1.82) is 0 Å². The molecule has 3 N–H and O–H groups in total. The highest BCUT2D eigenvalue weighted by Gasteiger charge is 2.33. The number of nitrogens with zero attached hydrogens (tertiary/aromatic N) is 1. The van der Waals surface area contributed by atoms with E-state index in [1.165, 1.54) is 0 Å². The van der Waals surface area contributed by atoms with Gasteiger partial charge in [-0.1, -0.05) is 0 Å². The van der Waals surface area contributed by atoms with Crippen LogP contribution in [0.25, 0.3) is 0 Å². The van der Waals surface area contributed by atoms with Crippen molar-refractivity contribution in [3.63, 3.8) is 0 Å². The van der Waals surface area contributed by atoms with Crippen molar-refractivity contribution >= 4 is 5.91 Å². The van der Waals surface area contributed by atoms with Crippen LogP contribution < -0.4 is 10.6 Å². The van der Waals surface area contributed by atoms with E-state index in [0.717, 1.165) is 5.56 Å². The first-order valence-electron chi connectivity index (χ1n) is 5.76. The SMILES string of the molecule is CNC1COCC1C(=O)NC(C)c1cn[nH]c1. The lowest BCUT2D eigenvalue weighted by atomic mass is 10.0. The zero-order valence-electron chi connectivity index (χ0n) is 10.1. The van der Waals surface area contributed by atoms with Gasteiger partial charge in [-0.15, -0.1) is 0 Å². The first-order valence-corrected chi connectivity index (χ1v) is 5.76. The number of hydrogen-bond donors (Lipinski definition) is 3. The molecule has 17 heavy (non-hydrogen) atoms. The molecule has 3 atom stereocenters. The highest BCUT2D eigenvalue weighted by molar-refractivity contribution is 5.80. The lowest BCUT2D eigenvalue weighted by Gasteiger charge is -2.19. The Balaban J connectivity index is 1.92. The number of carbonyl (C=O) groups is 1. The second-order valence-electron chi connectivity index (χ2n) is 4.30. The Morgan fingerprint density at radius 1 is 1.65 bits per heavy atom. The summed E-state index contributed by atoms with van der Waals surface area (Å²) in [5.41, 5.74) is 0.971. The summed E-state index contributed by atoms with van der Waals surface area (Å²) in [4.78, 5) is 12.1. The fourth-order valence-electron chi connectivity index (χ4n) is 2.00. The zero-order chi connectivity index (χ0) is 12.3. The van der Waals surface area contributed by atoms with Gasteiger partial charge in [-0.05, 0) is 14.0 Å². The first-order chi connectivity index (χ1) is 8.22. The second-order valence-corrected chi connectivity index (χ2v) is 4.30. The molecule has 6 heteroatoms. The molecule has 2 rings (SSSR count). The number of hydrogen-bond acceptors (Lipinski definition) is 4. The number of nitrogens with one attached hydrogen (secondary N) is 3. The van der Waals surface area contributed by atoms with Gasteiger partial charge in [0.2, 0.25) is 5.91 Å². The predicted octanol–water partition coefficient (Wildman–Crippen LogP) is -0.179. The molecular formula is C11H18N4O2. The average Bonchev–Trinajstić information content (AvgIpc) is 2.99. The van der Waals surface area contributed by atoms with Gasteiger partial charge < -0.3 is 15.4 Å². The molecule has 1 aliphatic rings. The number of carbonyl (C=O) groups excluding carboxylic acids is 1. The van der Waals surface area contributed by atoms with E-state index in [-0.39, 0.29) is 23.9 Å². The van der Waals surface area contributed by atoms with Gasteiger partial charge in [0.05, 0.1) is 31.4 Å². The van der Waals surface area contributed by atoms with Crippen LogP contribution in [-0.2, 0) is 9.53 Å². The molecule has 1 aliphatic heterocycles. The summed E-state index contributed by atoms with van der Waals surface area (Å²) in [5.74, 6) is -0.0927. The molecule has 0 saturated carbocycles. The maximum Gasteiger partial charge on any atom is 0.227 e. The van der Waals surface area contributed by atoms with E-state index >= 15 is 0 Å². The Hall–Kier alpha value is -1.40. The number of aromatic amines is 1.